The highest BCUT2D eigenvalue weighted by atomic mass is 32.2. The molecule has 0 spiro atoms. The molecule has 0 saturated heterocycles. The number of thioether (sulfide) groups is 2. The molecule has 0 aliphatic rings. The molecule has 0 nitrogen and oxygen atoms in total. The summed E-state index contributed by atoms with van der Waals surface area (Å²) in [5.74, 6) is 1.15. The van der Waals surface area contributed by atoms with E-state index in [9.17, 15) is 0 Å². The summed E-state index contributed by atoms with van der Waals surface area (Å²) < 4.78 is 1.28. The zero-order valence-electron chi connectivity index (χ0n) is 8.43. The summed E-state index contributed by atoms with van der Waals surface area (Å²) >= 11 is 3.79. The predicted molar refractivity (Wildman–Crippen MR) is 63.9 cm³/mol. The highest BCUT2D eigenvalue weighted by Gasteiger charge is 2.03. The van der Waals surface area contributed by atoms with Crippen molar-refractivity contribution in [1.82, 2.24) is 0 Å². The molecule has 72 valence electrons. The Hall–Kier alpha value is 0.440. The van der Waals surface area contributed by atoms with Crippen molar-refractivity contribution in [3.05, 3.63) is 10.8 Å². The van der Waals surface area contributed by atoms with Crippen LogP contribution in [-0.4, -0.2) is 11.0 Å². The molecule has 0 aromatic rings. The van der Waals surface area contributed by atoms with Crippen LogP contribution < -0.4 is 0 Å². The Kier molecular flexibility index (Phi) is 8.35. The molecule has 12 heavy (non-hydrogen) atoms. The van der Waals surface area contributed by atoms with E-state index in [1.807, 2.05) is 23.5 Å². The standard InChI is InChI=1S/C10H20S2/c1-5-7-8-9(3)12-10(4)11-6-2/h9H,4-8H2,1-3H3. The van der Waals surface area contributed by atoms with Crippen LogP contribution in [0, 0.1) is 0 Å². The van der Waals surface area contributed by atoms with Gasteiger partial charge in [-0.2, -0.15) is 0 Å². The molecule has 0 aliphatic heterocycles. The number of hydrogen-bond donors (Lipinski definition) is 0. The Morgan fingerprint density at radius 3 is 2.58 bits per heavy atom. The van der Waals surface area contributed by atoms with Crippen LogP contribution in [0.2, 0.25) is 0 Å². The van der Waals surface area contributed by atoms with Gasteiger partial charge in [0, 0.05) is 9.49 Å². The summed E-state index contributed by atoms with van der Waals surface area (Å²) in [7, 11) is 0. The first kappa shape index (κ1) is 12.4. The molecule has 0 aromatic heterocycles. The van der Waals surface area contributed by atoms with Crippen LogP contribution in [0.5, 0.6) is 0 Å². The molecule has 0 N–H and O–H groups in total. The van der Waals surface area contributed by atoms with E-state index in [1.165, 1.54) is 23.5 Å². The third-order valence-electron chi connectivity index (χ3n) is 1.60. The first-order chi connectivity index (χ1) is 5.70. The maximum Gasteiger partial charge on any atom is 0.0331 e. The molecule has 0 aromatic carbocycles. The average Bonchev–Trinajstić information content (AvgIpc) is 2.01. The zero-order valence-corrected chi connectivity index (χ0v) is 10.1. The summed E-state index contributed by atoms with van der Waals surface area (Å²) in [6.45, 7) is 10.7. The van der Waals surface area contributed by atoms with Crippen molar-refractivity contribution >= 4 is 23.5 Å². The SMILES string of the molecule is C=C(SCC)SC(C)CCCC. The molecule has 0 saturated carbocycles. The highest BCUT2D eigenvalue weighted by Crippen LogP contribution is 2.31. The van der Waals surface area contributed by atoms with Gasteiger partial charge in [0.25, 0.3) is 0 Å². The minimum absolute atomic E-state index is 0.747. The highest BCUT2D eigenvalue weighted by molar-refractivity contribution is 8.22. The topological polar surface area (TPSA) is 0 Å². The van der Waals surface area contributed by atoms with Crippen molar-refractivity contribution in [2.45, 2.75) is 45.3 Å². The third kappa shape index (κ3) is 7.11. The Bertz CT molecular complexity index is 121. The van der Waals surface area contributed by atoms with E-state index < -0.39 is 0 Å². The minimum atomic E-state index is 0.747. The van der Waals surface area contributed by atoms with E-state index >= 15 is 0 Å². The van der Waals surface area contributed by atoms with Crippen LogP contribution >= 0.6 is 23.5 Å². The van der Waals surface area contributed by atoms with Gasteiger partial charge in [-0.15, -0.1) is 23.5 Å². The van der Waals surface area contributed by atoms with Gasteiger partial charge < -0.3 is 0 Å². The molecule has 1 atom stereocenters. The lowest BCUT2D eigenvalue weighted by Gasteiger charge is -2.10. The van der Waals surface area contributed by atoms with Gasteiger partial charge >= 0.3 is 0 Å². The molecule has 2 heteroatoms. The van der Waals surface area contributed by atoms with Crippen molar-refractivity contribution in [1.29, 1.82) is 0 Å². The number of rotatable bonds is 7. The molecule has 1 unspecified atom stereocenters. The van der Waals surface area contributed by atoms with E-state index in [1.54, 1.807) is 0 Å². The normalized spacial score (nSPS) is 12.9. The molecule has 0 aliphatic carbocycles. The monoisotopic (exact) mass is 204 g/mol. The molecule has 0 bridgehead atoms. The number of unbranched alkanes of at least 4 members (excludes halogenated alkanes) is 1. The molecule has 0 heterocycles. The van der Waals surface area contributed by atoms with E-state index in [-0.39, 0.29) is 0 Å². The average molecular weight is 204 g/mol. The third-order valence-corrected chi connectivity index (χ3v) is 3.76. The largest absolute Gasteiger partial charge is 0.120 e. The Morgan fingerprint density at radius 1 is 1.42 bits per heavy atom. The second-order valence-corrected chi connectivity index (χ2v) is 6.03. The summed E-state index contributed by atoms with van der Waals surface area (Å²) in [6, 6.07) is 0. The van der Waals surface area contributed by atoms with E-state index in [0.717, 1.165) is 11.0 Å². The molecular weight excluding hydrogens is 184 g/mol. The second-order valence-electron chi connectivity index (χ2n) is 2.88. The van der Waals surface area contributed by atoms with Crippen molar-refractivity contribution in [3.63, 3.8) is 0 Å². The lowest BCUT2D eigenvalue weighted by Crippen LogP contribution is -1.94. The van der Waals surface area contributed by atoms with Crippen LogP contribution in [0.15, 0.2) is 10.8 Å². The molecule has 0 rings (SSSR count). The molecule has 0 radical (unpaired) electrons. The maximum absolute atomic E-state index is 4.02. The van der Waals surface area contributed by atoms with Crippen molar-refractivity contribution in [3.8, 4) is 0 Å². The Labute approximate surface area is 85.6 Å². The van der Waals surface area contributed by atoms with Gasteiger partial charge in [-0.3, -0.25) is 0 Å². The van der Waals surface area contributed by atoms with E-state index in [2.05, 4.69) is 27.4 Å². The van der Waals surface area contributed by atoms with Crippen LogP contribution in [0.4, 0.5) is 0 Å². The number of hydrogen-bond acceptors (Lipinski definition) is 2. The summed E-state index contributed by atoms with van der Waals surface area (Å²) in [5.41, 5.74) is 0. The van der Waals surface area contributed by atoms with Gasteiger partial charge in [-0.1, -0.05) is 40.2 Å². The van der Waals surface area contributed by atoms with Crippen molar-refractivity contribution < 1.29 is 0 Å². The Balaban J connectivity index is 3.40. The summed E-state index contributed by atoms with van der Waals surface area (Å²) in [4.78, 5) is 0. The van der Waals surface area contributed by atoms with Gasteiger partial charge in [0.1, 0.15) is 0 Å². The van der Waals surface area contributed by atoms with Gasteiger partial charge in [0.2, 0.25) is 0 Å². The Morgan fingerprint density at radius 2 is 2.08 bits per heavy atom. The molecular formula is C10H20S2. The first-order valence-electron chi connectivity index (χ1n) is 4.69. The van der Waals surface area contributed by atoms with Crippen LogP contribution in [0.1, 0.15) is 40.0 Å². The zero-order chi connectivity index (χ0) is 9.40. The van der Waals surface area contributed by atoms with E-state index in [0.29, 0.717) is 0 Å². The summed E-state index contributed by atoms with van der Waals surface area (Å²) in [6.07, 6.45) is 3.97. The van der Waals surface area contributed by atoms with Gasteiger partial charge in [-0.25, -0.2) is 0 Å². The maximum atomic E-state index is 4.02. The van der Waals surface area contributed by atoms with Gasteiger partial charge in [0.05, 0.1) is 0 Å². The van der Waals surface area contributed by atoms with Gasteiger partial charge in [-0.05, 0) is 12.2 Å². The molecule has 0 fully saturated rings. The summed E-state index contributed by atoms with van der Waals surface area (Å²) in [5, 5.41) is 0.747. The predicted octanol–water partition coefficient (Wildman–Crippen LogP) is 4.52. The fourth-order valence-corrected chi connectivity index (χ4v) is 3.14. The first-order valence-corrected chi connectivity index (χ1v) is 6.55. The van der Waals surface area contributed by atoms with Crippen LogP contribution in [0.25, 0.3) is 0 Å². The lowest BCUT2D eigenvalue weighted by molar-refractivity contribution is 0.714. The minimum Gasteiger partial charge on any atom is -0.120 e. The van der Waals surface area contributed by atoms with Gasteiger partial charge in [0.15, 0.2) is 0 Å². The second kappa shape index (κ2) is 8.06. The molecule has 0 amide bonds. The fourth-order valence-electron chi connectivity index (χ4n) is 0.970. The van der Waals surface area contributed by atoms with E-state index in [4.69, 9.17) is 0 Å². The fraction of sp³-hybridized carbons (Fsp3) is 0.800. The van der Waals surface area contributed by atoms with Crippen molar-refractivity contribution in [2.75, 3.05) is 5.75 Å². The van der Waals surface area contributed by atoms with Crippen LogP contribution in [-0.2, 0) is 0 Å². The quantitative estimate of drug-likeness (QED) is 0.598. The lowest BCUT2D eigenvalue weighted by atomic mass is 10.2. The smallest absolute Gasteiger partial charge is 0.0331 e. The van der Waals surface area contributed by atoms with Crippen LogP contribution in [0.3, 0.4) is 0 Å². The van der Waals surface area contributed by atoms with Crippen molar-refractivity contribution in [2.24, 2.45) is 0 Å².